The van der Waals surface area contributed by atoms with Crippen LogP contribution >= 0.6 is 0 Å². The molecule has 2 unspecified atom stereocenters. The van der Waals surface area contributed by atoms with E-state index in [1.807, 2.05) is 45.0 Å². The normalized spacial score (nSPS) is 25.3. The third-order valence-corrected chi connectivity index (χ3v) is 8.82. The predicted octanol–water partition coefficient (Wildman–Crippen LogP) is 3.45. The molecule has 38 heavy (non-hydrogen) atoms. The molecule has 8 nitrogen and oxygen atoms in total. The van der Waals surface area contributed by atoms with E-state index >= 15 is 0 Å². The largest absolute Gasteiger partial charge is 0.351 e. The van der Waals surface area contributed by atoms with Crippen molar-refractivity contribution in [2.24, 2.45) is 28.6 Å². The van der Waals surface area contributed by atoms with Crippen LogP contribution in [0.25, 0.3) is 10.9 Å². The summed E-state index contributed by atoms with van der Waals surface area (Å²) in [6, 6.07) is 7.29. The Morgan fingerprint density at radius 3 is 2.42 bits per heavy atom. The maximum Gasteiger partial charge on any atom is 0.268 e. The molecule has 2 heterocycles. The average Bonchev–Trinajstić information content (AvgIpc) is 3.64. The van der Waals surface area contributed by atoms with Gasteiger partial charge in [0.25, 0.3) is 5.91 Å². The second-order valence-corrected chi connectivity index (χ2v) is 12.9. The lowest BCUT2D eigenvalue weighted by atomic mass is 9.83. The second kappa shape index (κ2) is 9.10. The topological polar surface area (TPSA) is 111 Å². The van der Waals surface area contributed by atoms with Crippen molar-refractivity contribution in [1.82, 2.24) is 20.5 Å². The van der Waals surface area contributed by atoms with Crippen LogP contribution in [-0.4, -0.2) is 58.1 Å². The van der Waals surface area contributed by atoms with E-state index in [-0.39, 0.29) is 46.7 Å². The number of rotatable bonds is 8. The van der Waals surface area contributed by atoms with E-state index in [1.54, 1.807) is 11.0 Å². The SMILES string of the molecule is C=CC(=O)C(NC(=O)[C@@H]1[C@@H]2[C@H](CN1C(=O)C(NC(=O)c1cc3ccccc3[nH]1)C1CC1)C2(C)C)C(C)(C)C. The van der Waals surface area contributed by atoms with Crippen LogP contribution in [0.2, 0.25) is 0 Å². The summed E-state index contributed by atoms with van der Waals surface area (Å²) >= 11 is 0. The first kappa shape index (κ1) is 26.2. The minimum atomic E-state index is -0.744. The molecule has 202 valence electrons. The van der Waals surface area contributed by atoms with E-state index < -0.39 is 23.5 Å². The lowest BCUT2D eigenvalue weighted by molar-refractivity contribution is -0.143. The van der Waals surface area contributed by atoms with Crippen LogP contribution in [0, 0.1) is 28.6 Å². The standard InChI is InChI=1S/C30H38N4O4/c1-7-21(35)25(29(2,3)4)33-27(37)24-22-18(30(22,5)6)15-34(24)28(38)23(16-12-13-16)32-26(36)20-14-17-10-8-9-11-19(17)31-20/h7-11,14,16,18,22-25,31H,1,12-13,15H2,2-6H3,(H,32,36)(H,33,37)/t18-,22-,23?,24-,25?/m0/s1. The van der Waals surface area contributed by atoms with E-state index in [1.165, 1.54) is 6.08 Å². The van der Waals surface area contributed by atoms with E-state index in [0.717, 1.165) is 23.7 Å². The maximum atomic E-state index is 14.0. The Balaban J connectivity index is 1.37. The lowest BCUT2D eigenvalue weighted by Crippen LogP contribution is -2.59. The molecule has 1 saturated heterocycles. The lowest BCUT2D eigenvalue weighted by Gasteiger charge is -2.35. The highest BCUT2D eigenvalue weighted by Gasteiger charge is 2.70. The van der Waals surface area contributed by atoms with Gasteiger partial charge in [0.2, 0.25) is 11.8 Å². The number of fused-ring (bicyclic) bond motifs is 2. The number of H-pyrrole nitrogens is 1. The van der Waals surface area contributed by atoms with Crippen LogP contribution in [0.5, 0.6) is 0 Å². The zero-order chi connectivity index (χ0) is 27.6. The molecular formula is C30H38N4O4. The van der Waals surface area contributed by atoms with Crippen molar-refractivity contribution in [1.29, 1.82) is 0 Å². The number of nitrogens with one attached hydrogen (secondary N) is 3. The summed E-state index contributed by atoms with van der Waals surface area (Å²) < 4.78 is 0. The fourth-order valence-electron chi connectivity index (χ4n) is 6.28. The van der Waals surface area contributed by atoms with Gasteiger partial charge < -0.3 is 20.5 Å². The van der Waals surface area contributed by atoms with Gasteiger partial charge in [0, 0.05) is 17.4 Å². The summed E-state index contributed by atoms with van der Waals surface area (Å²) in [6.45, 7) is 14.0. The molecular weight excluding hydrogens is 480 g/mol. The van der Waals surface area contributed by atoms with E-state index in [4.69, 9.17) is 0 Å². The van der Waals surface area contributed by atoms with Crippen LogP contribution in [0.1, 0.15) is 57.9 Å². The number of carbonyl (C=O) groups is 4. The van der Waals surface area contributed by atoms with E-state index in [2.05, 4.69) is 36.0 Å². The summed E-state index contributed by atoms with van der Waals surface area (Å²) in [5.41, 5.74) is 0.672. The van der Waals surface area contributed by atoms with Crippen molar-refractivity contribution in [3.8, 4) is 0 Å². The van der Waals surface area contributed by atoms with Crippen molar-refractivity contribution in [3.63, 3.8) is 0 Å². The van der Waals surface area contributed by atoms with Crippen LogP contribution in [0.15, 0.2) is 43.0 Å². The Labute approximate surface area is 223 Å². The number of para-hydroxylation sites is 1. The molecule has 2 saturated carbocycles. The number of amides is 3. The Kier molecular flexibility index (Phi) is 6.27. The predicted molar refractivity (Wildman–Crippen MR) is 145 cm³/mol. The van der Waals surface area contributed by atoms with Gasteiger partial charge in [-0.1, -0.05) is 59.4 Å². The molecule has 5 atom stereocenters. The molecule has 3 fully saturated rings. The molecule has 2 aliphatic carbocycles. The first-order valence-corrected chi connectivity index (χ1v) is 13.5. The smallest absolute Gasteiger partial charge is 0.268 e. The van der Waals surface area contributed by atoms with Gasteiger partial charge in [0.1, 0.15) is 17.8 Å². The van der Waals surface area contributed by atoms with E-state index in [0.29, 0.717) is 12.2 Å². The molecule has 3 aliphatic rings. The summed E-state index contributed by atoms with van der Waals surface area (Å²) in [6.07, 6.45) is 2.94. The first-order valence-electron chi connectivity index (χ1n) is 13.5. The van der Waals surface area contributed by atoms with E-state index in [9.17, 15) is 19.2 Å². The van der Waals surface area contributed by atoms with Crippen LogP contribution in [-0.2, 0) is 14.4 Å². The van der Waals surface area contributed by atoms with Gasteiger partial charge in [-0.2, -0.15) is 0 Å². The first-order chi connectivity index (χ1) is 17.8. The van der Waals surface area contributed by atoms with Crippen molar-refractivity contribution >= 4 is 34.4 Å². The van der Waals surface area contributed by atoms with Crippen molar-refractivity contribution < 1.29 is 19.2 Å². The second-order valence-electron chi connectivity index (χ2n) is 12.9. The monoisotopic (exact) mass is 518 g/mol. The third kappa shape index (κ3) is 4.54. The van der Waals surface area contributed by atoms with Gasteiger partial charge in [-0.25, -0.2) is 0 Å². The average molecular weight is 519 g/mol. The van der Waals surface area contributed by atoms with Crippen LogP contribution < -0.4 is 10.6 Å². The Morgan fingerprint density at radius 1 is 1.13 bits per heavy atom. The van der Waals surface area contributed by atoms with Crippen molar-refractivity contribution in [2.45, 2.75) is 65.6 Å². The van der Waals surface area contributed by atoms with Crippen molar-refractivity contribution in [2.75, 3.05) is 6.54 Å². The third-order valence-electron chi connectivity index (χ3n) is 8.82. The molecule has 1 aromatic heterocycles. The highest BCUT2D eigenvalue weighted by atomic mass is 16.2. The minimum absolute atomic E-state index is 0.00941. The van der Waals surface area contributed by atoms with Crippen molar-refractivity contribution in [3.05, 3.63) is 48.7 Å². The fraction of sp³-hybridized carbons (Fsp3) is 0.533. The Bertz CT molecular complexity index is 1280. The Hall–Kier alpha value is -3.42. The summed E-state index contributed by atoms with van der Waals surface area (Å²) in [5.74, 6) is -0.860. The number of hydrogen-bond acceptors (Lipinski definition) is 4. The number of carbonyl (C=O) groups excluding carboxylic acids is 4. The van der Waals surface area contributed by atoms with Gasteiger partial charge in [-0.3, -0.25) is 19.2 Å². The van der Waals surface area contributed by atoms with Crippen LogP contribution in [0.4, 0.5) is 0 Å². The van der Waals surface area contributed by atoms with Gasteiger partial charge >= 0.3 is 0 Å². The number of ketones is 1. The molecule has 2 aromatic rings. The molecule has 0 bridgehead atoms. The van der Waals surface area contributed by atoms with Crippen LogP contribution in [0.3, 0.4) is 0 Å². The maximum absolute atomic E-state index is 14.0. The molecule has 0 spiro atoms. The van der Waals surface area contributed by atoms with Gasteiger partial charge in [-0.05, 0) is 59.6 Å². The molecule has 1 aliphatic heterocycles. The van der Waals surface area contributed by atoms with Gasteiger partial charge in [-0.15, -0.1) is 0 Å². The Morgan fingerprint density at radius 2 is 1.82 bits per heavy atom. The molecule has 5 rings (SSSR count). The summed E-state index contributed by atoms with van der Waals surface area (Å²) in [7, 11) is 0. The molecule has 3 N–H and O–H groups in total. The molecule has 8 heteroatoms. The molecule has 3 amide bonds. The zero-order valence-electron chi connectivity index (χ0n) is 22.8. The number of nitrogens with zero attached hydrogens (tertiary/aromatic N) is 1. The number of aromatic nitrogens is 1. The van der Waals surface area contributed by atoms with Gasteiger partial charge in [0.15, 0.2) is 5.78 Å². The quantitative estimate of drug-likeness (QED) is 0.465. The number of piperidine rings is 1. The highest BCUT2D eigenvalue weighted by molar-refractivity contribution is 6.02. The van der Waals surface area contributed by atoms with Gasteiger partial charge in [0.05, 0.1) is 6.04 Å². The zero-order valence-corrected chi connectivity index (χ0v) is 22.8. The molecule has 1 aromatic carbocycles. The summed E-state index contributed by atoms with van der Waals surface area (Å²) in [5, 5.41) is 6.85. The minimum Gasteiger partial charge on any atom is -0.351 e. The number of aromatic amines is 1. The number of likely N-dealkylation sites (tertiary alicyclic amines) is 1. The summed E-state index contributed by atoms with van der Waals surface area (Å²) in [4.78, 5) is 58.3. The fourth-order valence-corrected chi connectivity index (χ4v) is 6.28. The molecule has 0 radical (unpaired) electrons. The number of hydrogen-bond donors (Lipinski definition) is 3. The number of benzene rings is 1. The highest BCUT2D eigenvalue weighted by Crippen LogP contribution is 2.65.